The Morgan fingerprint density at radius 2 is 1.73 bits per heavy atom. The minimum Gasteiger partial charge on any atom is -0.437 e. The molecule has 10 nitrogen and oxygen atoms in total. The van der Waals surface area contributed by atoms with Crippen molar-refractivity contribution in [3.8, 4) is 0 Å². The van der Waals surface area contributed by atoms with Crippen LogP contribution >= 0.6 is 0 Å². The number of nitrogens with one attached hydrogen (secondary N) is 4. The van der Waals surface area contributed by atoms with Crippen molar-refractivity contribution in [3.63, 3.8) is 0 Å². The van der Waals surface area contributed by atoms with Crippen molar-refractivity contribution >= 4 is 35.7 Å². The zero-order valence-electron chi connectivity index (χ0n) is 24.0. The Morgan fingerprint density at radius 3 is 2.44 bits per heavy atom. The highest BCUT2D eigenvalue weighted by molar-refractivity contribution is 6.46. The summed E-state index contributed by atoms with van der Waals surface area (Å²) >= 11 is 0. The van der Waals surface area contributed by atoms with E-state index in [1.807, 2.05) is 60.8 Å². The average molecular weight is 561 g/mol. The zero-order chi connectivity index (χ0) is 29.4. The Labute approximate surface area is 241 Å². The molecule has 4 rings (SSSR count). The van der Waals surface area contributed by atoms with Crippen LogP contribution in [0.5, 0.6) is 0 Å². The van der Waals surface area contributed by atoms with Crippen LogP contribution in [0.15, 0.2) is 60.8 Å². The number of hydrogen-bond donors (Lipinski definition) is 5. The van der Waals surface area contributed by atoms with Crippen molar-refractivity contribution in [2.24, 2.45) is 5.92 Å². The monoisotopic (exact) mass is 561 g/mol. The second-order valence-electron chi connectivity index (χ2n) is 11.1. The molecule has 0 saturated carbocycles. The van der Waals surface area contributed by atoms with Gasteiger partial charge in [0.05, 0.1) is 24.7 Å². The number of para-hydroxylation sites is 1. The smallest absolute Gasteiger partial charge is 0.374 e. The van der Waals surface area contributed by atoms with Gasteiger partial charge >= 0.3 is 7.05 Å². The summed E-state index contributed by atoms with van der Waals surface area (Å²) in [6.45, 7) is 6.96. The fourth-order valence-electron chi connectivity index (χ4n) is 5.19. The molecule has 41 heavy (non-hydrogen) atoms. The Balaban J connectivity index is 1.53. The molecule has 0 spiro atoms. The summed E-state index contributed by atoms with van der Waals surface area (Å²) in [6.07, 6.45) is 2.56. The fraction of sp³-hybridized carbons (Fsp3) is 0.433. The molecule has 5 N–H and O–H groups in total. The number of hydrogen-bond acceptors (Lipinski definition) is 6. The molecular weight excluding hydrogens is 521 g/mol. The van der Waals surface area contributed by atoms with Crippen molar-refractivity contribution in [2.75, 3.05) is 32.8 Å². The van der Waals surface area contributed by atoms with E-state index < -0.39 is 30.5 Å². The third kappa shape index (κ3) is 8.19. The van der Waals surface area contributed by atoms with E-state index in [0.717, 1.165) is 22.0 Å². The van der Waals surface area contributed by atoms with Crippen molar-refractivity contribution in [1.82, 2.24) is 25.7 Å². The Hall–Kier alpha value is -3.67. The molecule has 1 saturated heterocycles. The van der Waals surface area contributed by atoms with Crippen LogP contribution in [0, 0.1) is 5.92 Å². The Morgan fingerprint density at radius 1 is 1.05 bits per heavy atom. The van der Waals surface area contributed by atoms with Crippen LogP contribution in [0.3, 0.4) is 0 Å². The van der Waals surface area contributed by atoms with Crippen LogP contribution in [-0.2, 0) is 32.0 Å². The van der Waals surface area contributed by atoms with Gasteiger partial charge in [-0.1, -0.05) is 48.5 Å². The molecule has 218 valence electrons. The van der Waals surface area contributed by atoms with Crippen LogP contribution < -0.4 is 15.9 Å². The van der Waals surface area contributed by atoms with Crippen molar-refractivity contribution in [3.05, 3.63) is 71.9 Å². The largest absolute Gasteiger partial charge is 0.437 e. The van der Waals surface area contributed by atoms with E-state index in [0.29, 0.717) is 32.7 Å². The number of nitrogens with zero attached hydrogens (tertiary/aromatic N) is 1. The van der Waals surface area contributed by atoms with Gasteiger partial charge in [0.25, 0.3) is 0 Å². The van der Waals surface area contributed by atoms with Crippen LogP contribution in [0.4, 0.5) is 0 Å². The quantitative estimate of drug-likeness (QED) is 0.213. The molecule has 3 aromatic rings. The lowest BCUT2D eigenvalue weighted by atomic mass is 9.83. The maximum Gasteiger partial charge on any atom is 0.374 e. The summed E-state index contributed by atoms with van der Waals surface area (Å²) in [5.74, 6) is -1.32. The Bertz CT molecular complexity index is 1320. The molecule has 1 unspecified atom stereocenters. The van der Waals surface area contributed by atoms with Crippen LogP contribution in [-0.4, -0.2) is 84.1 Å². The highest BCUT2D eigenvalue weighted by atomic mass is 16.5. The summed E-state index contributed by atoms with van der Waals surface area (Å²) in [5, 5.41) is 19.5. The molecular formula is C30H40BN5O5. The first-order chi connectivity index (χ1) is 19.6. The third-order valence-electron chi connectivity index (χ3n) is 7.38. The van der Waals surface area contributed by atoms with E-state index >= 15 is 0 Å². The van der Waals surface area contributed by atoms with Crippen LogP contribution in [0.25, 0.3) is 10.9 Å². The van der Waals surface area contributed by atoms with E-state index in [4.69, 9.17) is 4.74 Å². The Kier molecular flexibility index (Phi) is 10.2. The number of carbonyl (C=O) groups excluding carboxylic acids is 3. The summed E-state index contributed by atoms with van der Waals surface area (Å²) < 4.78 is 5.42. The molecule has 2 heterocycles. The number of morpholine rings is 1. The third-order valence-corrected chi connectivity index (χ3v) is 7.38. The number of rotatable bonds is 12. The van der Waals surface area contributed by atoms with Gasteiger partial charge in [-0.3, -0.25) is 14.4 Å². The SMILES string of the molecule is CB(O)NC(C)(C)C(=O)NC(Cc1c[nH]c2ccccc12)C(=O)NC[C@@H](Cc1ccccc1)C(=O)N1CCOCC1. The van der Waals surface area contributed by atoms with Gasteiger partial charge in [-0.2, -0.15) is 0 Å². The standard InChI is InChI=1S/C30H40BN5O5/c1-30(2,35-31(3)40)29(39)34-26(18-22-19-32-25-12-8-7-11-24(22)25)27(37)33-20-23(17-21-9-5-4-6-10-21)28(38)36-13-15-41-16-14-36/h4-12,19,23,26,32,35,40H,13-18,20H2,1-3H3,(H,33,37)(H,34,39)/t23-,26?/m1/s1. The van der Waals surface area contributed by atoms with E-state index in [1.54, 1.807) is 18.7 Å². The molecule has 1 aliphatic heterocycles. The predicted molar refractivity (Wildman–Crippen MR) is 159 cm³/mol. The van der Waals surface area contributed by atoms with Gasteiger partial charge in [0.1, 0.15) is 6.04 Å². The van der Waals surface area contributed by atoms with E-state index in [1.165, 1.54) is 6.82 Å². The number of fused-ring (bicyclic) bond motifs is 1. The predicted octanol–water partition coefficient (Wildman–Crippen LogP) is 1.51. The second-order valence-corrected chi connectivity index (χ2v) is 11.1. The number of ether oxygens (including phenoxy) is 1. The minimum absolute atomic E-state index is 0.0306. The normalized spacial score (nSPS) is 15.3. The number of aromatic nitrogens is 1. The molecule has 11 heteroatoms. The maximum atomic E-state index is 13.7. The number of carbonyl (C=O) groups is 3. The van der Waals surface area contributed by atoms with E-state index in [-0.39, 0.29) is 24.8 Å². The van der Waals surface area contributed by atoms with Crippen molar-refractivity contribution in [1.29, 1.82) is 0 Å². The van der Waals surface area contributed by atoms with Crippen molar-refractivity contribution in [2.45, 2.75) is 45.1 Å². The number of benzene rings is 2. The van der Waals surface area contributed by atoms with Crippen LogP contribution in [0.1, 0.15) is 25.0 Å². The van der Waals surface area contributed by atoms with Gasteiger partial charge < -0.3 is 35.5 Å². The molecule has 1 aromatic heterocycles. The van der Waals surface area contributed by atoms with Gasteiger partial charge in [-0.05, 0) is 44.3 Å². The summed E-state index contributed by atoms with van der Waals surface area (Å²) in [7, 11) is -0.915. The first kappa shape index (κ1) is 30.3. The molecule has 1 aliphatic rings. The number of aromatic amines is 1. The van der Waals surface area contributed by atoms with Gasteiger partial charge in [-0.15, -0.1) is 0 Å². The lowest BCUT2D eigenvalue weighted by molar-refractivity contribution is -0.140. The number of amides is 3. The van der Waals surface area contributed by atoms with Gasteiger partial charge in [0, 0.05) is 43.2 Å². The second kappa shape index (κ2) is 13.8. The average Bonchev–Trinajstić information content (AvgIpc) is 3.37. The van der Waals surface area contributed by atoms with Gasteiger partial charge in [-0.25, -0.2) is 0 Å². The molecule has 0 bridgehead atoms. The van der Waals surface area contributed by atoms with Gasteiger partial charge in [0.15, 0.2) is 0 Å². The minimum atomic E-state index is -1.13. The molecule has 1 fully saturated rings. The first-order valence-electron chi connectivity index (χ1n) is 14.1. The highest BCUT2D eigenvalue weighted by Crippen LogP contribution is 2.20. The van der Waals surface area contributed by atoms with Crippen molar-refractivity contribution < 1.29 is 24.1 Å². The zero-order valence-corrected chi connectivity index (χ0v) is 24.0. The molecule has 3 amide bonds. The highest BCUT2D eigenvalue weighted by Gasteiger charge is 2.34. The lowest BCUT2D eigenvalue weighted by Gasteiger charge is -2.31. The van der Waals surface area contributed by atoms with Crippen LogP contribution in [0.2, 0.25) is 6.82 Å². The lowest BCUT2D eigenvalue weighted by Crippen LogP contribution is -2.61. The summed E-state index contributed by atoms with van der Waals surface area (Å²) in [4.78, 5) is 45.5. The maximum absolute atomic E-state index is 13.7. The summed E-state index contributed by atoms with van der Waals surface area (Å²) in [6, 6.07) is 16.6. The molecule has 0 aliphatic carbocycles. The molecule has 0 radical (unpaired) electrons. The fourth-order valence-corrected chi connectivity index (χ4v) is 5.19. The molecule has 2 aromatic carbocycles. The first-order valence-corrected chi connectivity index (χ1v) is 14.1. The molecule has 2 atom stereocenters. The number of H-pyrrole nitrogens is 1. The van der Waals surface area contributed by atoms with E-state index in [9.17, 15) is 19.4 Å². The van der Waals surface area contributed by atoms with E-state index in [2.05, 4.69) is 20.8 Å². The topological polar surface area (TPSA) is 136 Å². The van der Waals surface area contributed by atoms with Gasteiger partial charge in [0.2, 0.25) is 17.7 Å². The summed E-state index contributed by atoms with van der Waals surface area (Å²) in [5.41, 5.74) is 1.69.